The van der Waals surface area contributed by atoms with Crippen molar-refractivity contribution in [1.29, 1.82) is 0 Å². The van der Waals surface area contributed by atoms with Gasteiger partial charge in [0, 0.05) is 25.7 Å². The minimum absolute atomic E-state index is 0.0100. The average molecular weight is 348 g/mol. The van der Waals surface area contributed by atoms with Crippen molar-refractivity contribution < 1.29 is 9.53 Å². The van der Waals surface area contributed by atoms with Crippen molar-refractivity contribution >= 4 is 35.2 Å². The Morgan fingerprint density at radius 2 is 1.77 bits per heavy atom. The van der Waals surface area contributed by atoms with Gasteiger partial charge in [-0.2, -0.15) is 15.0 Å². The van der Waals surface area contributed by atoms with E-state index < -0.39 is 5.60 Å². The number of carbonyl (C=O) groups excluding carboxylic acids is 1. The van der Waals surface area contributed by atoms with Gasteiger partial charge >= 0.3 is 6.09 Å². The molecule has 0 N–H and O–H groups in total. The van der Waals surface area contributed by atoms with Gasteiger partial charge in [0.2, 0.25) is 16.5 Å². The fourth-order valence-corrected chi connectivity index (χ4v) is 2.55. The van der Waals surface area contributed by atoms with Crippen LogP contribution in [-0.4, -0.2) is 57.2 Å². The van der Waals surface area contributed by atoms with Crippen molar-refractivity contribution in [3.8, 4) is 0 Å². The van der Waals surface area contributed by atoms with Gasteiger partial charge in [-0.3, -0.25) is 0 Å². The molecule has 0 aliphatic carbocycles. The van der Waals surface area contributed by atoms with E-state index in [1.165, 1.54) is 0 Å². The number of piperazine rings is 1. The standard InChI is InChI=1S/C13H19Cl2N5O2/c1-8-7-19(12(21)22-13(2,3)4)5-6-20(8)11-17-9(14)16-10(15)18-11/h8H,5-7H2,1-4H3/t8-/m0/s1. The summed E-state index contributed by atoms with van der Waals surface area (Å²) in [5.74, 6) is 0.418. The highest BCUT2D eigenvalue weighted by Gasteiger charge is 2.31. The van der Waals surface area contributed by atoms with Crippen LogP contribution in [0.5, 0.6) is 0 Å². The lowest BCUT2D eigenvalue weighted by atomic mass is 10.2. The molecule has 22 heavy (non-hydrogen) atoms. The number of aromatic nitrogens is 3. The summed E-state index contributed by atoms with van der Waals surface area (Å²) in [5.41, 5.74) is -0.507. The molecular weight excluding hydrogens is 329 g/mol. The summed E-state index contributed by atoms with van der Waals surface area (Å²) in [5, 5.41) is 0.105. The van der Waals surface area contributed by atoms with Gasteiger partial charge < -0.3 is 14.5 Å². The van der Waals surface area contributed by atoms with E-state index >= 15 is 0 Å². The highest BCUT2D eigenvalue weighted by atomic mass is 35.5. The second-order valence-electron chi connectivity index (χ2n) is 6.14. The highest BCUT2D eigenvalue weighted by Crippen LogP contribution is 2.20. The number of carbonyl (C=O) groups is 1. The van der Waals surface area contributed by atoms with Crippen LogP contribution in [0.2, 0.25) is 10.6 Å². The van der Waals surface area contributed by atoms with Gasteiger partial charge in [0.15, 0.2) is 0 Å². The molecule has 2 rings (SSSR count). The van der Waals surface area contributed by atoms with Crippen molar-refractivity contribution in [2.24, 2.45) is 0 Å². The number of rotatable bonds is 1. The monoisotopic (exact) mass is 347 g/mol. The van der Waals surface area contributed by atoms with Crippen molar-refractivity contribution in [3.05, 3.63) is 10.6 Å². The third kappa shape index (κ3) is 4.33. The topological polar surface area (TPSA) is 71.5 Å². The lowest BCUT2D eigenvalue weighted by Crippen LogP contribution is -2.55. The van der Waals surface area contributed by atoms with Crippen LogP contribution >= 0.6 is 23.2 Å². The van der Waals surface area contributed by atoms with Crippen LogP contribution in [0.3, 0.4) is 0 Å². The third-order valence-corrected chi connectivity index (χ3v) is 3.44. The number of halogens is 2. The first-order valence-electron chi connectivity index (χ1n) is 6.97. The molecule has 1 amide bonds. The van der Waals surface area contributed by atoms with Crippen molar-refractivity contribution in [2.45, 2.75) is 39.3 Å². The second-order valence-corrected chi connectivity index (χ2v) is 6.82. The van der Waals surface area contributed by atoms with Crippen molar-refractivity contribution in [1.82, 2.24) is 19.9 Å². The number of anilines is 1. The van der Waals surface area contributed by atoms with Crippen LogP contribution in [0.15, 0.2) is 0 Å². The van der Waals surface area contributed by atoms with Gasteiger partial charge in [0.1, 0.15) is 5.60 Å². The first-order valence-corrected chi connectivity index (χ1v) is 7.73. The van der Waals surface area contributed by atoms with Crippen LogP contribution in [-0.2, 0) is 4.74 Å². The molecule has 0 saturated carbocycles. The van der Waals surface area contributed by atoms with Crippen molar-refractivity contribution in [3.63, 3.8) is 0 Å². The Hall–Kier alpha value is -1.34. The summed E-state index contributed by atoms with van der Waals surface area (Å²) >= 11 is 11.6. The van der Waals surface area contributed by atoms with Gasteiger partial charge in [0.25, 0.3) is 0 Å². The smallest absolute Gasteiger partial charge is 0.410 e. The highest BCUT2D eigenvalue weighted by molar-refractivity contribution is 6.31. The maximum Gasteiger partial charge on any atom is 0.410 e. The molecule has 0 radical (unpaired) electrons. The first kappa shape index (κ1) is 17.0. The lowest BCUT2D eigenvalue weighted by molar-refractivity contribution is 0.0218. The molecule has 1 aromatic rings. The Morgan fingerprint density at radius 1 is 1.18 bits per heavy atom. The SMILES string of the molecule is C[C@H]1CN(C(=O)OC(C)(C)C)CCN1c1nc(Cl)nc(Cl)n1. The second kappa shape index (κ2) is 6.42. The zero-order valence-electron chi connectivity index (χ0n) is 13.0. The molecule has 1 fully saturated rings. The molecular formula is C13H19Cl2N5O2. The Bertz CT molecular complexity index is 544. The molecule has 7 nitrogen and oxygen atoms in total. The van der Waals surface area contributed by atoms with E-state index in [1.54, 1.807) is 4.90 Å². The fourth-order valence-electron chi connectivity index (χ4n) is 2.19. The number of amides is 1. The van der Waals surface area contributed by atoms with E-state index in [1.807, 2.05) is 32.6 Å². The molecule has 1 aliphatic heterocycles. The van der Waals surface area contributed by atoms with Crippen LogP contribution in [0, 0.1) is 0 Å². The molecule has 1 aliphatic rings. The van der Waals surface area contributed by atoms with Crippen LogP contribution in [0.4, 0.5) is 10.7 Å². The van der Waals surface area contributed by atoms with E-state index in [4.69, 9.17) is 27.9 Å². The molecule has 0 unspecified atom stereocenters. The van der Waals surface area contributed by atoms with Gasteiger partial charge in [-0.1, -0.05) is 0 Å². The van der Waals surface area contributed by atoms with Gasteiger partial charge in [-0.25, -0.2) is 4.79 Å². The van der Waals surface area contributed by atoms with Gasteiger partial charge in [-0.15, -0.1) is 0 Å². The summed E-state index contributed by atoms with van der Waals surface area (Å²) in [7, 11) is 0. The third-order valence-electron chi connectivity index (χ3n) is 3.11. The van der Waals surface area contributed by atoms with Gasteiger partial charge in [0.05, 0.1) is 0 Å². The molecule has 1 aromatic heterocycles. The molecule has 0 aromatic carbocycles. The van der Waals surface area contributed by atoms with Gasteiger partial charge in [-0.05, 0) is 50.9 Å². The summed E-state index contributed by atoms with van der Waals surface area (Å²) in [4.78, 5) is 27.6. The van der Waals surface area contributed by atoms with E-state index in [0.29, 0.717) is 25.6 Å². The normalized spacial score (nSPS) is 19.3. The van der Waals surface area contributed by atoms with E-state index in [2.05, 4.69) is 15.0 Å². The number of hydrogen-bond acceptors (Lipinski definition) is 6. The number of hydrogen-bond donors (Lipinski definition) is 0. The summed E-state index contributed by atoms with van der Waals surface area (Å²) in [6.45, 7) is 9.10. The van der Waals surface area contributed by atoms with Crippen LogP contribution < -0.4 is 4.90 Å². The zero-order valence-corrected chi connectivity index (χ0v) is 14.5. The summed E-state index contributed by atoms with van der Waals surface area (Å²) < 4.78 is 5.39. The zero-order chi connectivity index (χ0) is 16.5. The first-order chi connectivity index (χ1) is 10.2. The predicted molar refractivity (Wildman–Crippen MR) is 84.5 cm³/mol. The molecule has 1 atom stereocenters. The Morgan fingerprint density at radius 3 is 2.27 bits per heavy atom. The maximum absolute atomic E-state index is 12.1. The lowest BCUT2D eigenvalue weighted by Gasteiger charge is -2.40. The Kier molecular flexibility index (Phi) is 4.97. The average Bonchev–Trinajstić information content (AvgIpc) is 2.35. The molecule has 9 heteroatoms. The summed E-state index contributed by atoms with van der Waals surface area (Å²) in [6.07, 6.45) is -0.314. The molecule has 122 valence electrons. The predicted octanol–water partition coefficient (Wildman–Crippen LogP) is 2.62. The number of nitrogens with zero attached hydrogens (tertiary/aromatic N) is 5. The number of ether oxygens (including phenoxy) is 1. The minimum atomic E-state index is -0.507. The van der Waals surface area contributed by atoms with Crippen LogP contribution in [0.1, 0.15) is 27.7 Å². The molecule has 0 bridgehead atoms. The van der Waals surface area contributed by atoms with E-state index in [9.17, 15) is 4.79 Å². The van der Waals surface area contributed by atoms with Crippen LogP contribution in [0.25, 0.3) is 0 Å². The Balaban J connectivity index is 2.05. The molecule has 0 spiro atoms. The molecule has 1 saturated heterocycles. The largest absolute Gasteiger partial charge is 0.444 e. The summed E-state index contributed by atoms with van der Waals surface area (Å²) in [6, 6.07) is 0.0100. The van der Waals surface area contributed by atoms with Crippen molar-refractivity contribution in [2.75, 3.05) is 24.5 Å². The maximum atomic E-state index is 12.1. The van der Waals surface area contributed by atoms with E-state index in [0.717, 1.165) is 0 Å². The Labute approximate surface area is 139 Å². The fraction of sp³-hybridized carbons (Fsp3) is 0.692. The minimum Gasteiger partial charge on any atom is -0.444 e. The quantitative estimate of drug-likeness (QED) is 0.777. The van der Waals surface area contributed by atoms with E-state index in [-0.39, 0.29) is 22.7 Å². The molecule has 2 heterocycles.